The van der Waals surface area contributed by atoms with Gasteiger partial charge in [0.25, 0.3) is 11.7 Å². The first kappa shape index (κ1) is 18.8. The molecule has 0 atom stereocenters. The van der Waals surface area contributed by atoms with Crippen LogP contribution in [-0.2, 0) is 11.0 Å². The van der Waals surface area contributed by atoms with Crippen LogP contribution in [0.5, 0.6) is 0 Å². The summed E-state index contributed by atoms with van der Waals surface area (Å²) >= 11 is 0. The average Bonchev–Trinajstić information content (AvgIpc) is 2.86. The Kier molecular flexibility index (Phi) is 4.79. The lowest BCUT2D eigenvalue weighted by Gasteiger charge is -2.19. The van der Waals surface area contributed by atoms with Crippen molar-refractivity contribution in [3.05, 3.63) is 47.4 Å². The van der Waals surface area contributed by atoms with E-state index in [1.54, 1.807) is 27.7 Å². The van der Waals surface area contributed by atoms with Crippen molar-refractivity contribution in [1.29, 1.82) is 0 Å². The fraction of sp³-hybridized carbons (Fsp3) is 0.333. The smallest absolute Gasteiger partial charge is 0.416 e. The second-order valence-electron chi connectivity index (χ2n) is 6.69. The van der Waals surface area contributed by atoms with E-state index < -0.39 is 29.0 Å². The van der Waals surface area contributed by atoms with Gasteiger partial charge in [-0.1, -0.05) is 12.1 Å². The molecule has 0 fully saturated rings. The van der Waals surface area contributed by atoms with Gasteiger partial charge in [0.05, 0.1) is 5.56 Å². The molecule has 0 bridgehead atoms. The maximum Gasteiger partial charge on any atom is 0.416 e. The summed E-state index contributed by atoms with van der Waals surface area (Å²) in [5.74, 6) is -1.46. The number of aryl methyl sites for hydroxylation is 1. The maximum absolute atomic E-state index is 12.6. The van der Waals surface area contributed by atoms with E-state index in [2.05, 4.69) is 5.32 Å². The number of carbonyl (C=O) groups is 2. The van der Waals surface area contributed by atoms with E-state index in [4.69, 9.17) is 4.42 Å². The van der Waals surface area contributed by atoms with E-state index in [0.717, 1.165) is 12.1 Å². The summed E-state index contributed by atoms with van der Waals surface area (Å²) in [7, 11) is 0. The molecular weight excluding hydrogens is 335 g/mol. The van der Waals surface area contributed by atoms with Gasteiger partial charge in [0, 0.05) is 11.1 Å². The fourth-order valence-electron chi connectivity index (χ4n) is 2.23. The Labute approximate surface area is 143 Å². The number of hydrogen-bond donors (Lipinski definition) is 1. The van der Waals surface area contributed by atoms with Crippen LogP contribution in [0.4, 0.5) is 13.2 Å². The molecule has 0 aliphatic carbocycles. The minimum Gasteiger partial charge on any atom is -0.457 e. The van der Waals surface area contributed by atoms with Crippen molar-refractivity contribution in [2.75, 3.05) is 0 Å². The third-order valence-corrected chi connectivity index (χ3v) is 3.36. The highest BCUT2D eigenvalue weighted by Crippen LogP contribution is 2.32. The largest absolute Gasteiger partial charge is 0.457 e. The molecule has 0 aliphatic heterocycles. The molecule has 1 aromatic heterocycles. The highest BCUT2D eigenvalue weighted by molar-refractivity contribution is 6.42. The van der Waals surface area contributed by atoms with Crippen molar-refractivity contribution in [3.8, 4) is 11.1 Å². The lowest BCUT2D eigenvalue weighted by Crippen LogP contribution is -2.44. The Bertz CT molecular complexity index is 796. The number of carbonyl (C=O) groups excluding carboxylic acids is 2. The van der Waals surface area contributed by atoms with Crippen LogP contribution in [0.1, 0.15) is 42.6 Å². The zero-order chi connectivity index (χ0) is 19.0. The number of rotatable bonds is 3. The predicted molar refractivity (Wildman–Crippen MR) is 86.1 cm³/mol. The van der Waals surface area contributed by atoms with Gasteiger partial charge in [-0.05, 0) is 51.5 Å². The van der Waals surface area contributed by atoms with Crippen LogP contribution in [0, 0.1) is 6.92 Å². The number of amides is 1. The molecule has 1 N–H and O–H groups in total. The summed E-state index contributed by atoms with van der Waals surface area (Å²) in [6.07, 6.45) is -4.42. The van der Waals surface area contributed by atoms with Crippen molar-refractivity contribution in [2.24, 2.45) is 0 Å². The van der Waals surface area contributed by atoms with Crippen molar-refractivity contribution in [2.45, 2.75) is 39.4 Å². The SMILES string of the molecule is Cc1oc(C(=O)C(=O)NC(C)(C)C)cc1-c1ccc(C(F)(F)F)cc1. The third-order valence-electron chi connectivity index (χ3n) is 3.36. The van der Waals surface area contributed by atoms with Crippen molar-refractivity contribution >= 4 is 11.7 Å². The normalized spacial score (nSPS) is 12.1. The zero-order valence-corrected chi connectivity index (χ0v) is 14.2. The molecule has 2 aromatic rings. The summed E-state index contributed by atoms with van der Waals surface area (Å²) in [6.45, 7) is 6.78. The van der Waals surface area contributed by atoms with Crippen LogP contribution in [0.25, 0.3) is 11.1 Å². The standard InChI is InChI=1S/C18H18F3NO3/c1-10-13(11-5-7-12(8-6-11)18(19,20)21)9-14(25-10)15(23)16(24)22-17(2,3)4/h5-9H,1-4H3,(H,22,24). The molecule has 0 spiro atoms. The highest BCUT2D eigenvalue weighted by Gasteiger charge is 2.30. The van der Waals surface area contributed by atoms with E-state index in [9.17, 15) is 22.8 Å². The number of halogens is 3. The number of nitrogens with one attached hydrogen (secondary N) is 1. The summed E-state index contributed by atoms with van der Waals surface area (Å²) in [4.78, 5) is 24.1. The maximum atomic E-state index is 12.6. The molecule has 0 saturated heterocycles. The Morgan fingerprint density at radius 2 is 1.60 bits per heavy atom. The van der Waals surface area contributed by atoms with Gasteiger partial charge >= 0.3 is 6.18 Å². The first-order chi connectivity index (χ1) is 11.4. The van der Waals surface area contributed by atoms with Crippen LogP contribution < -0.4 is 5.32 Å². The van der Waals surface area contributed by atoms with Crippen LogP contribution in [0.3, 0.4) is 0 Å². The molecule has 4 nitrogen and oxygen atoms in total. The van der Waals surface area contributed by atoms with Gasteiger partial charge in [0.1, 0.15) is 5.76 Å². The summed E-state index contributed by atoms with van der Waals surface area (Å²) in [5, 5.41) is 2.54. The molecule has 0 unspecified atom stereocenters. The molecule has 0 radical (unpaired) electrons. The Morgan fingerprint density at radius 3 is 2.08 bits per heavy atom. The molecule has 0 aliphatic rings. The van der Waals surface area contributed by atoms with Gasteiger partial charge in [-0.3, -0.25) is 9.59 Å². The first-order valence-electron chi connectivity index (χ1n) is 7.53. The highest BCUT2D eigenvalue weighted by atomic mass is 19.4. The summed E-state index contributed by atoms with van der Waals surface area (Å²) in [5.41, 5.74) is -0.423. The van der Waals surface area contributed by atoms with Gasteiger partial charge in [-0.2, -0.15) is 13.2 Å². The van der Waals surface area contributed by atoms with Crippen LogP contribution >= 0.6 is 0 Å². The zero-order valence-electron chi connectivity index (χ0n) is 14.2. The topological polar surface area (TPSA) is 59.3 Å². The first-order valence-corrected chi connectivity index (χ1v) is 7.53. The van der Waals surface area contributed by atoms with Gasteiger partial charge in [-0.25, -0.2) is 0 Å². The second-order valence-corrected chi connectivity index (χ2v) is 6.69. The van der Waals surface area contributed by atoms with Crippen LogP contribution in [0.2, 0.25) is 0 Å². The molecule has 134 valence electrons. The van der Waals surface area contributed by atoms with Gasteiger partial charge < -0.3 is 9.73 Å². The predicted octanol–water partition coefficient (Wildman–Crippen LogP) is 4.37. The van der Waals surface area contributed by atoms with Gasteiger partial charge in [-0.15, -0.1) is 0 Å². The minimum absolute atomic E-state index is 0.158. The van der Waals surface area contributed by atoms with Crippen LogP contribution in [-0.4, -0.2) is 17.2 Å². The van der Waals surface area contributed by atoms with Gasteiger partial charge in [0.2, 0.25) is 0 Å². The van der Waals surface area contributed by atoms with Crippen molar-refractivity contribution in [3.63, 3.8) is 0 Å². The Balaban J connectivity index is 2.28. The van der Waals surface area contributed by atoms with E-state index in [1.807, 2.05) is 0 Å². The molecule has 2 rings (SSSR count). The third kappa shape index (κ3) is 4.49. The van der Waals surface area contributed by atoms with E-state index in [0.29, 0.717) is 16.9 Å². The molecule has 1 aromatic carbocycles. The Morgan fingerprint density at radius 1 is 1.04 bits per heavy atom. The van der Waals surface area contributed by atoms with E-state index in [-0.39, 0.29) is 5.76 Å². The molecule has 1 amide bonds. The van der Waals surface area contributed by atoms with Crippen LogP contribution in [0.15, 0.2) is 34.7 Å². The monoisotopic (exact) mass is 353 g/mol. The summed E-state index contributed by atoms with van der Waals surface area (Å²) < 4.78 is 43.2. The minimum atomic E-state index is -4.42. The average molecular weight is 353 g/mol. The quantitative estimate of drug-likeness (QED) is 0.658. The number of alkyl halides is 3. The van der Waals surface area contributed by atoms with E-state index in [1.165, 1.54) is 18.2 Å². The number of furan rings is 1. The number of Topliss-reactive ketones (excluding diaryl/α,β-unsaturated/α-hetero) is 1. The molecule has 7 heteroatoms. The lowest BCUT2D eigenvalue weighted by atomic mass is 10.0. The number of hydrogen-bond acceptors (Lipinski definition) is 3. The molecular formula is C18H18F3NO3. The lowest BCUT2D eigenvalue weighted by molar-refractivity contribution is -0.137. The van der Waals surface area contributed by atoms with Gasteiger partial charge in [0.15, 0.2) is 5.76 Å². The number of benzene rings is 1. The van der Waals surface area contributed by atoms with Crippen molar-refractivity contribution in [1.82, 2.24) is 5.32 Å². The van der Waals surface area contributed by atoms with E-state index >= 15 is 0 Å². The summed E-state index contributed by atoms with van der Waals surface area (Å²) in [6, 6.07) is 5.86. The second kappa shape index (κ2) is 6.38. The molecule has 0 saturated carbocycles. The number of ketones is 1. The molecule has 1 heterocycles. The Hall–Kier alpha value is -2.57. The van der Waals surface area contributed by atoms with Crippen molar-refractivity contribution < 1.29 is 27.2 Å². The fourth-order valence-corrected chi connectivity index (χ4v) is 2.23. The molecule has 25 heavy (non-hydrogen) atoms.